The van der Waals surface area contributed by atoms with E-state index in [1.807, 2.05) is 13.0 Å². The van der Waals surface area contributed by atoms with Crippen molar-refractivity contribution >= 4 is 5.97 Å². The molecule has 0 unspecified atom stereocenters. The fourth-order valence-corrected chi connectivity index (χ4v) is 0.354. The van der Waals surface area contributed by atoms with Crippen molar-refractivity contribution in [2.45, 2.75) is 6.92 Å². The van der Waals surface area contributed by atoms with Gasteiger partial charge in [-0.15, -0.1) is 0 Å². The highest BCUT2D eigenvalue weighted by molar-refractivity contribution is 5.88. The van der Waals surface area contributed by atoms with Crippen LogP contribution in [0, 0.1) is 0 Å². The zero-order chi connectivity index (χ0) is 7.98. The first-order valence-corrected chi connectivity index (χ1v) is 2.90. The lowest BCUT2D eigenvalue weighted by atomic mass is 10.3. The minimum Gasteiger partial charge on any atom is -0.478 e. The van der Waals surface area contributed by atoms with E-state index < -0.39 is 5.97 Å². The minimum absolute atomic E-state index is 0.0955. The number of allylic oxidation sites excluding steroid dienone is 3. The third-order valence-electron chi connectivity index (χ3n) is 0.876. The summed E-state index contributed by atoms with van der Waals surface area (Å²) in [5.74, 6) is -0.985. The Morgan fingerprint density at radius 3 is 2.50 bits per heavy atom. The van der Waals surface area contributed by atoms with Crippen molar-refractivity contribution in [3.8, 4) is 0 Å². The van der Waals surface area contributed by atoms with Crippen molar-refractivity contribution in [2.24, 2.45) is 0 Å². The smallest absolute Gasteiger partial charge is 0.335 e. The normalized spacial score (nSPS) is 10.9. The maximum atomic E-state index is 10.1. The lowest BCUT2D eigenvalue weighted by molar-refractivity contribution is -0.132. The highest BCUT2D eigenvalue weighted by Gasteiger charge is 1.95. The molecule has 0 atom stereocenters. The molecule has 2 nitrogen and oxygen atoms in total. The fourth-order valence-electron chi connectivity index (χ4n) is 0.354. The Bertz CT molecular complexity index is 187. The van der Waals surface area contributed by atoms with Gasteiger partial charge >= 0.3 is 5.97 Å². The average molecular weight is 138 g/mol. The third kappa shape index (κ3) is 3.66. The summed E-state index contributed by atoms with van der Waals surface area (Å²) in [6.45, 7) is 5.16. The van der Waals surface area contributed by atoms with E-state index in [1.165, 1.54) is 6.08 Å². The van der Waals surface area contributed by atoms with Crippen molar-refractivity contribution in [1.29, 1.82) is 0 Å². The average Bonchev–Trinajstić information content (AvgIpc) is 1.88. The Morgan fingerprint density at radius 2 is 2.10 bits per heavy atom. The van der Waals surface area contributed by atoms with Crippen molar-refractivity contribution in [3.05, 3.63) is 36.5 Å². The Labute approximate surface area is 60.2 Å². The van der Waals surface area contributed by atoms with Gasteiger partial charge in [-0.2, -0.15) is 0 Å². The standard InChI is InChI=1S/C8H10O2/c1-3-4-5-6-7(2)8(9)10/h3-6H,2H2,1H3,(H,9,10)/b4-3+,6-5+. The van der Waals surface area contributed by atoms with E-state index >= 15 is 0 Å². The number of aliphatic carboxylic acids is 1. The van der Waals surface area contributed by atoms with Gasteiger partial charge in [0.2, 0.25) is 0 Å². The van der Waals surface area contributed by atoms with Crippen molar-refractivity contribution < 1.29 is 9.90 Å². The quantitative estimate of drug-likeness (QED) is 0.476. The SMILES string of the molecule is C=C(/C=C/C=C/C)C(=O)O. The molecule has 0 bridgehead atoms. The van der Waals surface area contributed by atoms with Crippen LogP contribution in [0.25, 0.3) is 0 Å². The van der Waals surface area contributed by atoms with Gasteiger partial charge in [0.25, 0.3) is 0 Å². The fraction of sp³-hybridized carbons (Fsp3) is 0.125. The zero-order valence-electron chi connectivity index (χ0n) is 5.87. The first-order chi connectivity index (χ1) is 4.68. The van der Waals surface area contributed by atoms with Gasteiger partial charge in [0.1, 0.15) is 0 Å². The van der Waals surface area contributed by atoms with Crippen LogP contribution < -0.4 is 0 Å². The second-order valence-corrected chi connectivity index (χ2v) is 1.72. The Hall–Kier alpha value is -1.31. The van der Waals surface area contributed by atoms with Gasteiger partial charge in [-0.1, -0.05) is 24.8 Å². The lowest BCUT2D eigenvalue weighted by Gasteiger charge is -1.85. The molecular weight excluding hydrogens is 128 g/mol. The van der Waals surface area contributed by atoms with E-state index in [2.05, 4.69) is 6.58 Å². The molecule has 0 aliphatic carbocycles. The predicted octanol–water partition coefficient (Wildman–Crippen LogP) is 1.76. The first kappa shape index (κ1) is 8.69. The van der Waals surface area contributed by atoms with Crippen LogP contribution in [0.5, 0.6) is 0 Å². The van der Waals surface area contributed by atoms with E-state index in [9.17, 15) is 4.79 Å². The predicted molar refractivity (Wildman–Crippen MR) is 40.7 cm³/mol. The van der Waals surface area contributed by atoms with Crippen LogP contribution in [0.1, 0.15) is 6.92 Å². The molecule has 0 aromatic heterocycles. The third-order valence-corrected chi connectivity index (χ3v) is 0.876. The van der Waals surface area contributed by atoms with E-state index in [0.29, 0.717) is 0 Å². The number of rotatable bonds is 3. The van der Waals surface area contributed by atoms with Gasteiger partial charge in [0.05, 0.1) is 5.57 Å². The Kier molecular flexibility index (Phi) is 3.96. The van der Waals surface area contributed by atoms with Gasteiger partial charge in [0.15, 0.2) is 0 Å². The number of carboxylic acids is 1. The summed E-state index contributed by atoms with van der Waals surface area (Å²) in [6.07, 6.45) is 6.64. The van der Waals surface area contributed by atoms with Crippen molar-refractivity contribution in [1.82, 2.24) is 0 Å². The highest BCUT2D eigenvalue weighted by Crippen LogP contribution is 1.91. The van der Waals surface area contributed by atoms with Gasteiger partial charge in [0, 0.05) is 0 Å². The van der Waals surface area contributed by atoms with Crippen LogP contribution in [-0.4, -0.2) is 11.1 Å². The molecule has 0 heterocycles. The number of carboxylic acid groups (broad SMARTS) is 1. The van der Waals surface area contributed by atoms with Crippen molar-refractivity contribution in [2.75, 3.05) is 0 Å². The number of carbonyl (C=O) groups is 1. The molecule has 0 saturated heterocycles. The van der Waals surface area contributed by atoms with E-state index in [-0.39, 0.29) is 5.57 Å². The molecule has 0 fully saturated rings. The molecule has 0 aliphatic rings. The lowest BCUT2D eigenvalue weighted by Crippen LogP contribution is -1.94. The van der Waals surface area contributed by atoms with E-state index in [1.54, 1.807) is 12.2 Å². The maximum absolute atomic E-state index is 10.1. The number of hydrogen-bond donors (Lipinski definition) is 1. The van der Waals surface area contributed by atoms with E-state index in [0.717, 1.165) is 0 Å². The maximum Gasteiger partial charge on any atom is 0.335 e. The Balaban J connectivity index is 3.90. The van der Waals surface area contributed by atoms with E-state index in [4.69, 9.17) is 5.11 Å². The molecular formula is C8H10O2. The molecule has 0 spiro atoms. The zero-order valence-corrected chi connectivity index (χ0v) is 5.87. The largest absolute Gasteiger partial charge is 0.478 e. The monoisotopic (exact) mass is 138 g/mol. The van der Waals surface area contributed by atoms with Crippen LogP contribution >= 0.6 is 0 Å². The summed E-state index contributed by atoms with van der Waals surface area (Å²) in [5.41, 5.74) is 0.0955. The Morgan fingerprint density at radius 1 is 1.50 bits per heavy atom. The first-order valence-electron chi connectivity index (χ1n) is 2.90. The van der Waals surface area contributed by atoms with Crippen LogP contribution in [0.4, 0.5) is 0 Å². The summed E-state index contributed by atoms with van der Waals surface area (Å²) >= 11 is 0. The topological polar surface area (TPSA) is 37.3 Å². The van der Waals surface area contributed by atoms with Gasteiger partial charge < -0.3 is 5.11 Å². The molecule has 0 amide bonds. The summed E-state index contributed by atoms with van der Waals surface area (Å²) < 4.78 is 0. The molecule has 0 aromatic carbocycles. The van der Waals surface area contributed by atoms with Crippen LogP contribution in [0.3, 0.4) is 0 Å². The second kappa shape index (κ2) is 4.56. The molecule has 0 aliphatic heterocycles. The van der Waals surface area contributed by atoms with Gasteiger partial charge in [-0.05, 0) is 13.0 Å². The minimum atomic E-state index is -0.985. The summed E-state index contributed by atoms with van der Waals surface area (Å²) in [7, 11) is 0. The molecule has 0 saturated carbocycles. The summed E-state index contributed by atoms with van der Waals surface area (Å²) in [5, 5.41) is 8.31. The molecule has 10 heavy (non-hydrogen) atoms. The molecule has 54 valence electrons. The van der Waals surface area contributed by atoms with Gasteiger partial charge in [-0.3, -0.25) is 0 Å². The number of hydrogen-bond acceptors (Lipinski definition) is 1. The summed E-state index contributed by atoms with van der Waals surface area (Å²) in [6, 6.07) is 0. The van der Waals surface area contributed by atoms with Gasteiger partial charge in [-0.25, -0.2) is 4.79 Å². The molecule has 0 radical (unpaired) electrons. The van der Waals surface area contributed by atoms with Crippen LogP contribution in [-0.2, 0) is 4.79 Å². The molecule has 2 heteroatoms. The van der Waals surface area contributed by atoms with Crippen LogP contribution in [0.2, 0.25) is 0 Å². The van der Waals surface area contributed by atoms with Crippen molar-refractivity contribution in [3.63, 3.8) is 0 Å². The van der Waals surface area contributed by atoms with Crippen LogP contribution in [0.15, 0.2) is 36.5 Å². The molecule has 1 N–H and O–H groups in total. The summed E-state index contributed by atoms with van der Waals surface area (Å²) in [4.78, 5) is 10.1. The second-order valence-electron chi connectivity index (χ2n) is 1.72. The molecule has 0 rings (SSSR count). The molecule has 0 aromatic rings. The highest BCUT2D eigenvalue weighted by atomic mass is 16.4.